The lowest BCUT2D eigenvalue weighted by Crippen LogP contribution is -2.19. The second-order valence-electron chi connectivity index (χ2n) is 4.18. The fraction of sp³-hybridized carbons (Fsp3) is 0.417. The lowest BCUT2D eigenvalue weighted by Gasteiger charge is -2.17. The third kappa shape index (κ3) is 4.03. The monoisotopic (exact) mass is 270 g/mol. The summed E-state index contributed by atoms with van der Waals surface area (Å²) in [6.07, 6.45) is 2.39. The van der Waals surface area contributed by atoms with Gasteiger partial charge >= 0.3 is 5.97 Å². The third-order valence-corrected chi connectivity index (χ3v) is 3.39. The zero-order chi connectivity index (χ0) is 13.7. The number of nitrogen functional groups attached to an aromatic ring is 1. The number of hydrogen-bond acceptors (Lipinski definition) is 4. The summed E-state index contributed by atoms with van der Waals surface area (Å²) in [7, 11) is -0.827. The first-order chi connectivity index (χ1) is 8.41. The number of rotatable bonds is 6. The van der Waals surface area contributed by atoms with E-state index >= 15 is 0 Å². The summed E-state index contributed by atoms with van der Waals surface area (Å²) in [5.74, 6) is -0.439. The molecule has 0 spiro atoms. The van der Waals surface area contributed by atoms with Crippen molar-refractivity contribution in [3.63, 3.8) is 0 Å². The molecule has 0 heterocycles. The first-order valence-electron chi connectivity index (χ1n) is 5.60. The number of para-hydroxylation sites is 1. The molecular formula is C12H18N2O3S. The van der Waals surface area contributed by atoms with Gasteiger partial charge in [-0.25, -0.2) is 4.79 Å². The van der Waals surface area contributed by atoms with Gasteiger partial charge in [-0.1, -0.05) is 6.07 Å². The van der Waals surface area contributed by atoms with Crippen LogP contribution >= 0.6 is 0 Å². The predicted molar refractivity (Wildman–Crippen MR) is 74.4 cm³/mol. The largest absolute Gasteiger partial charge is 0.478 e. The van der Waals surface area contributed by atoms with Crippen molar-refractivity contribution in [3.8, 4) is 0 Å². The highest BCUT2D eigenvalue weighted by molar-refractivity contribution is 7.84. The molecule has 4 N–H and O–H groups in total. The maximum absolute atomic E-state index is 11.0. The molecule has 1 aromatic carbocycles. The molecule has 0 aromatic heterocycles. The first kappa shape index (κ1) is 14.5. The topological polar surface area (TPSA) is 92.4 Å². The van der Waals surface area contributed by atoms with Crippen molar-refractivity contribution < 1.29 is 14.1 Å². The van der Waals surface area contributed by atoms with Crippen molar-refractivity contribution in [1.82, 2.24) is 0 Å². The SMILES string of the molecule is CC(CCS(C)=O)Nc1cccc(C(=O)O)c1N. The Morgan fingerprint density at radius 1 is 1.56 bits per heavy atom. The van der Waals surface area contributed by atoms with E-state index in [1.807, 2.05) is 6.92 Å². The van der Waals surface area contributed by atoms with Gasteiger partial charge in [-0.3, -0.25) is 4.21 Å². The molecule has 0 aliphatic heterocycles. The first-order valence-corrected chi connectivity index (χ1v) is 7.33. The Hall–Kier alpha value is -1.56. The minimum atomic E-state index is -1.04. The van der Waals surface area contributed by atoms with Crippen LogP contribution in [0.1, 0.15) is 23.7 Å². The maximum Gasteiger partial charge on any atom is 0.337 e. The van der Waals surface area contributed by atoms with Crippen LogP contribution in [-0.2, 0) is 10.8 Å². The van der Waals surface area contributed by atoms with Crippen LogP contribution in [0.4, 0.5) is 11.4 Å². The fourth-order valence-corrected chi connectivity index (χ4v) is 2.24. The van der Waals surface area contributed by atoms with Crippen LogP contribution in [0.15, 0.2) is 18.2 Å². The zero-order valence-corrected chi connectivity index (χ0v) is 11.3. The van der Waals surface area contributed by atoms with Crippen LogP contribution in [0.5, 0.6) is 0 Å². The van der Waals surface area contributed by atoms with E-state index in [4.69, 9.17) is 10.8 Å². The van der Waals surface area contributed by atoms with Gasteiger partial charge in [0.1, 0.15) is 0 Å². The number of carboxylic acids is 1. The summed E-state index contributed by atoms with van der Waals surface area (Å²) in [5, 5.41) is 12.1. The predicted octanol–water partition coefficient (Wildman–Crippen LogP) is 1.54. The molecule has 1 rings (SSSR count). The number of carboxylic acid groups (broad SMARTS) is 1. The minimum absolute atomic E-state index is 0.0836. The van der Waals surface area contributed by atoms with Gasteiger partial charge in [-0.15, -0.1) is 0 Å². The van der Waals surface area contributed by atoms with Gasteiger partial charge < -0.3 is 16.2 Å². The van der Waals surface area contributed by atoms with Crippen LogP contribution in [0.2, 0.25) is 0 Å². The molecule has 0 amide bonds. The Morgan fingerprint density at radius 3 is 2.78 bits per heavy atom. The Labute approximate surface area is 109 Å². The molecule has 0 bridgehead atoms. The van der Waals surface area contributed by atoms with Crippen LogP contribution in [-0.4, -0.2) is 33.3 Å². The van der Waals surface area contributed by atoms with E-state index in [1.54, 1.807) is 18.4 Å². The number of nitrogens with one attached hydrogen (secondary N) is 1. The average Bonchev–Trinajstić information content (AvgIpc) is 2.29. The molecule has 5 nitrogen and oxygen atoms in total. The summed E-state index contributed by atoms with van der Waals surface area (Å²) in [6.45, 7) is 1.94. The van der Waals surface area contributed by atoms with Crippen molar-refractivity contribution in [3.05, 3.63) is 23.8 Å². The zero-order valence-electron chi connectivity index (χ0n) is 10.5. The molecule has 2 atom stereocenters. The molecule has 0 aliphatic carbocycles. The normalized spacial score (nSPS) is 13.9. The van der Waals surface area contributed by atoms with E-state index in [2.05, 4.69) is 5.32 Å². The van der Waals surface area contributed by atoms with E-state index < -0.39 is 16.8 Å². The van der Waals surface area contributed by atoms with Gasteiger partial charge in [0.15, 0.2) is 0 Å². The molecule has 100 valence electrons. The highest BCUT2D eigenvalue weighted by Crippen LogP contribution is 2.23. The van der Waals surface area contributed by atoms with E-state index in [0.717, 1.165) is 6.42 Å². The minimum Gasteiger partial charge on any atom is -0.478 e. The van der Waals surface area contributed by atoms with Crippen LogP contribution in [0.3, 0.4) is 0 Å². The molecule has 2 unspecified atom stereocenters. The summed E-state index contributed by atoms with van der Waals surface area (Å²) in [6, 6.07) is 4.93. The maximum atomic E-state index is 11.0. The van der Waals surface area contributed by atoms with Gasteiger partial charge in [0.25, 0.3) is 0 Å². The number of anilines is 2. The van der Waals surface area contributed by atoms with Gasteiger partial charge in [0, 0.05) is 28.9 Å². The Morgan fingerprint density at radius 2 is 2.22 bits per heavy atom. The number of carbonyl (C=O) groups is 1. The fourth-order valence-electron chi connectivity index (χ4n) is 1.56. The van der Waals surface area contributed by atoms with Crippen molar-refractivity contribution in [2.75, 3.05) is 23.1 Å². The standard InChI is InChI=1S/C12H18N2O3S/c1-8(6-7-18(2)17)14-10-5-3-4-9(11(10)13)12(15)16/h3-5,8,14H,6-7,13H2,1-2H3,(H,15,16). The van der Waals surface area contributed by atoms with E-state index in [9.17, 15) is 9.00 Å². The van der Waals surface area contributed by atoms with Crippen molar-refractivity contribution in [1.29, 1.82) is 0 Å². The average molecular weight is 270 g/mol. The Kier molecular flexibility index (Phi) is 5.15. The van der Waals surface area contributed by atoms with Crippen molar-refractivity contribution in [2.24, 2.45) is 0 Å². The van der Waals surface area contributed by atoms with Gasteiger partial charge in [0.2, 0.25) is 0 Å². The van der Waals surface area contributed by atoms with Crippen LogP contribution in [0, 0.1) is 0 Å². The van der Waals surface area contributed by atoms with Gasteiger partial charge in [-0.05, 0) is 25.5 Å². The van der Waals surface area contributed by atoms with Crippen LogP contribution < -0.4 is 11.1 Å². The van der Waals surface area contributed by atoms with Crippen LogP contribution in [0.25, 0.3) is 0 Å². The second kappa shape index (κ2) is 6.39. The Balaban J connectivity index is 2.75. The second-order valence-corrected chi connectivity index (χ2v) is 5.74. The Bertz CT molecular complexity index is 463. The summed E-state index contributed by atoms with van der Waals surface area (Å²) >= 11 is 0. The van der Waals surface area contributed by atoms with E-state index in [-0.39, 0.29) is 17.3 Å². The highest BCUT2D eigenvalue weighted by atomic mass is 32.2. The number of hydrogen-bond donors (Lipinski definition) is 3. The molecule has 0 saturated heterocycles. The number of benzene rings is 1. The quantitative estimate of drug-likeness (QED) is 0.682. The molecule has 0 aliphatic rings. The summed E-state index contributed by atoms with van der Waals surface area (Å²) in [4.78, 5) is 10.9. The summed E-state index contributed by atoms with van der Waals surface area (Å²) in [5.41, 5.74) is 6.71. The smallest absolute Gasteiger partial charge is 0.337 e. The summed E-state index contributed by atoms with van der Waals surface area (Å²) < 4.78 is 11.0. The van der Waals surface area contributed by atoms with E-state index in [0.29, 0.717) is 11.4 Å². The number of nitrogens with two attached hydrogens (primary N) is 1. The molecule has 1 aromatic rings. The van der Waals surface area contributed by atoms with Crippen molar-refractivity contribution in [2.45, 2.75) is 19.4 Å². The molecule has 0 saturated carbocycles. The lowest BCUT2D eigenvalue weighted by atomic mass is 10.1. The third-order valence-electron chi connectivity index (χ3n) is 2.58. The van der Waals surface area contributed by atoms with E-state index in [1.165, 1.54) is 6.07 Å². The van der Waals surface area contributed by atoms with Gasteiger partial charge in [0.05, 0.1) is 16.9 Å². The molecular weight excluding hydrogens is 252 g/mol. The molecule has 18 heavy (non-hydrogen) atoms. The highest BCUT2D eigenvalue weighted by Gasteiger charge is 2.12. The lowest BCUT2D eigenvalue weighted by molar-refractivity contribution is 0.0698. The van der Waals surface area contributed by atoms with Gasteiger partial charge in [-0.2, -0.15) is 0 Å². The molecule has 0 radical (unpaired) electrons. The number of aromatic carboxylic acids is 1. The molecule has 0 fully saturated rings. The molecule has 6 heteroatoms. The van der Waals surface area contributed by atoms with Crippen molar-refractivity contribution >= 4 is 28.1 Å².